The predicted molar refractivity (Wildman–Crippen MR) is 77.8 cm³/mol. The van der Waals surface area contributed by atoms with Gasteiger partial charge in [-0.05, 0) is 45.6 Å². The summed E-state index contributed by atoms with van der Waals surface area (Å²) in [5.41, 5.74) is 1.36. The van der Waals surface area contributed by atoms with Gasteiger partial charge in [0, 0.05) is 17.6 Å². The number of nitrogens with one attached hydrogen (secondary N) is 1. The van der Waals surface area contributed by atoms with E-state index in [0.29, 0.717) is 6.61 Å². The molecular weight excluding hydrogens is 238 g/mol. The van der Waals surface area contributed by atoms with Crippen LogP contribution in [0.1, 0.15) is 39.2 Å². The fourth-order valence-corrected chi connectivity index (χ4v) is 2.47. The molecule has 1 saturated carbocycles. The summed E-state index contributed by atoms with van der Waals surface area (Å²) in [6, 6.07) is 6.07. The number of rotatable bonds is 7. The quantitative estimate of drug-likeness (QED) is 0.818. The molecule has 0 bridgehead atoms. The van der Waals surface area contributed by atoms with Crippen LogP contribution in [0.3, 0.4) is 0 Å². The summed E-state index contributed by atoms with van der Waals surface area (Å²) in [4.78, 5) is 0. The molecule has 0 radical (unpaired) electrons. The minimum Gasteiger partial charge on any atom is -0.493 e. The van der Waals surface area contributed by atoms with Crippen molar-refractivity contribution in [2.45, 2.75) is 45.7 Å². The third-order valence-corrected chi connectivity index (χ3v) is 3.90. The van der Waals surface area contributed by atoms with E-state index in [-0.39, 0.29) is 5.54 Å². The zero-order valence-electron chi connectivity index (χ0n) is 12.5. The smallest absolute Gasteiger partial charge is 0.165 e. The second-order valence-electron chi connectivity index (χ2n) is 5.73. The van der Waals surface area contributed by atoms with Crippen LogP contribution in [0.2, 0.25) is 0 Å². The third-order valence-electron chi connectivity index (χ3n) is 3.90. The van der Waals surface area contributed by atoms with Gasteiger partial charge in [0.1, 0.15) is 0 Å². The number of ether oxygens (including phenoxy) is 2. The summed E-state index contributed by atoms with van der Waals surface area (Å²) < 4.78 is 11.1. The van der Waals surface area contributed by atoms with E-state index in [4.69, 9.17) is 9.47 Å². The van der Waals surface area contributed by atoms with Crippen LogP contribution in [-0.4, -0.2) is 19.3 Å². The van der Waals surface area contributed by atoms with E-state index in [1.54, 1.807) is 7.11 Å². The van der Waals surface area contributed by atoms with Crippen LogP contribution >= 0.6 is 0 Å². The van der Waals surface area contributed by atoms with Crippen molar-refractivity contribution in [1.82, 2.24) is 5.32 Å². The second-order valence-corrected chi connectivity index (χ2v) is 5.73. The van der Waals surface area contributed by atoms with Gasteiger partial charge in [-0.15, -0.1) is 0 Å². The number of benzene rings is 1. The topological polar surface area (TPSA) is 30.5 Å². The molecule has 0 saturated heterocycles. The summed E-state index contributed by atoms with van der Waals surface area (Å²) in [6.07, 6.45) is 2.69. The van der Waals surface area contributed by atoms with Crippen LogP contribution in [0.15, 0.2) is 18.2 Å². The molecule has 3 heteroatoms. The van der Waals surface area contributed by atoms with E-state index in [1.807, 2.05) is 19.1 Å². The van der Waals surface area contributed by atoms with Crippen LogP contribution in [0, 0.1) is 5.92 Å². The number of hydrogen-bond acceptors (Lipinski definition) is 3. The SMILES string of the molecule is CCOc1cccc(CNC(C)(C)C2CC2)c1OC. The zero-order chi connectivity index (χ0) is 13.9. The van der Waals surface area contributed by atoms with E-state index < -0.39 is 0 Å². The van der Waals surface area contributed by atoms with E-state index in [0.717, 1.165) is 29.5 Å². The van der Waals surface area contributed by atoms with E-state index in [9.17, 15) is 0 Å². The first-order valence-electron chi connectivity index (χ1n) is 7.12. The second kappa shape index (κ2) is 5.83. The lowest BCUT2D eigenvalue weighted by atomic mass is 9.98. The van der Waals surface area contributed by atoms with Crippen LogP contribution in [-0.2, 0) is 6.54 Å². The van der Waals surface area contributed by atoms with Crippen LogP contribution in [0.5, 0.6) is 11.5 Å². The predicted octanol–water partition coefficient (Wildman–Crippen LogP) is 3.37. The molecule has 0 unspecified atom stereocenters. The zero-order valence-corrected chi connectivity index (χ0v) is 12.5. The van der Waals surface area contributed by atoms with Gasteiger partial charge in [0.25, 0.3) is 0 Å². The normalized spacial score (nSPS) is 15.4. The van der Waals surface area contributed by atoms with Gasteiger partial charge in [-0.2, -0.15) is 0 Å². The Morgan fingerprint density at radius 3 is 2.63 bits per heavy atom. The molecule has 0 aliphatic heterocycles. The van der Waals surface area contributed by atoms with Crippen molar-refractivity contribution in [2.75, 3.05) is 13.7 Å². The number of para-hydroxylation sites is 1. The highest BCUT2D eigenvalue weighted by molar-refractivity contribution is 5.46. The summed E-state index contributed by atoms with van der Waals surface area (Å²) in [5.74, 6) is 2.49. The number of methoxy groups -OCH3 is 1. The van der Waals surface area contributed by atoms with Gasteiger partial charge in [-0.3, -0.25) is 0 Å². The molecule has 0 spiro atoms. The minimum atomic E-state index is 0.201. The van der Waals surface area contributed by atoms with Gasteiger partial charge in [0.05, 0.1) is 13.7 Å². The van der Waals surface area contributed by atoms with E-state index >= 15 is 0 Å². The van der Waals surface area contributed by atoms with Gasteiger partial charge in [-0.1, -0.05) is 12.1 Å². The Morgan fingerprint density at radius 1 is 1.32 bits per heavy atom. The van der Waals surface area contributed by atoms with Crippen LogP contribution in [0.25, 0.3) is 0 Å². The van der Waals surface area contributed by atoms with Crippen molar-refractivity contribution < 1.29 is 9.47 Å². The number of hydrogen-bond donors (Lipinski definition) is 1. The molecule has 3 nitrogen and oxygen atoms in total. The average molecular weight is 263 g/mol. The minimum absolute atomic E-state index is 0.201. The molecule has 2 rings (SSSR count). The van der Waals surface area contributed by atoms with Gasteiger partial charge in [0.2, 0.25) is 0 Å². The first kappa shape index (κ1) is 14.2. The highest BCUT2D eigenvalue weighted by Gasteiger charge is 2.37. The molecular formula is C16H25NO2. The van der Waals surface area contributed by atoms with Gasteiger partial charge < -0.3 is 14.8 Å². The fraction of sp³-hybridized carbons (Fsp3) is 0.625. The Hall–Kier alpha value is -1.22. The van der Waals surface area contributed by atoms with Crippen molar-refractivity contribution in [2.24, 2.45) is 5.92 Å². The molecule has 0 heterocycles. The highest BCUT2D eigenvalue weighted by atomic mass is 16.5. The average Bonchev–Trinajstić information content (AvgIpc) is 3.21. The lowest BCUT2D eigenvalue weighted by Gasteiger charge is -2.27. The molecule has 1 aromatic carbocycles. The Bertz CT molecular complexity index is 425. The van der Waals surface area contributed by atoms with Crippen molar-refractivity contribution >= 4 is 0 Å². The van der Waals surface area contributed by atoms with Crippen molar-refractivity contribution in [3.63, 3.8) is 0 Å². The van der Waals surface area contributed by atoms with Crippen molar-refractivity contribution in [3.05, 3.63) is 23.8 Å². The van der Waals surface area contributed by atoms with Gasteiger partial charge >= 0.3 is 0 Å². The molecule has 1 aliphatic rings. The molecule has 106 valence electrons. The molecule has 1 N–H and O–H groups in total. The van der Waals surface area contributed by atoms with Crippen LogP contribution < -0.4 is 14.8 Å². The standard InChI is InChI=1S/C16H25NO2/c1-5-19-14-8-6-7-12(15(14)18-4)11-17-16(2,3)13-9-10-13/h6-8,13,17H,5,9-11H2,1-4H3. The monoisotopic (exact) mass is 263 g/mol. The maximum atomic E-state index is 5.61. The van der Waals surface area contributed by atoms with Crippen molar-refractivity contribution in [1.29, 1.82) is 0 Å². The Morgan fingerprint density at radius 2 is 2.05 bits per heavy atom. The lowest BCUT2D eigenvalue weighted by Crippen LogP contribution is -2.40. The molecule has 0 atom stereocenters. The summed E-state index contributed by atoms with van der Waals surface area (Å²) in [6.45, 7) is 8.02. The van der Waals surface area contributed by atoms with Crippen molar-refractivity contribution in [3.8, 4) is 11.5 Å². The first-order valence-corrected chi connectivity index (χ1v) is 7.12. The summed E-state index contributed by atoms with van der Waals surface area (Å²) >= 11 is 0. The lowest BCUT2D eigenvalue weighted by molar-refractivity contribution is 0.304. The first-order chi connectivity index (χ1) is 9.08. The molecule has 1 aromatic rings. The largest absolute Gasteiger partial charge is 0.493 e. The van der Waals surface area contributed by atoms with E-state index in [1.165, 1.54) is 12.8 Å². The molecule has 19 heavy (non-hydrogen) atoms. The third kappa shape index (κ3) is 3.41. The van der Waals surface area contributed by atoms with Crippen LogP contribution in [0.4, 0.5) is 0 Å². The Labute approximate surface area is 116 Å². The molecule has 0 aromatic heterocycles. The maximum Gasteiger partial charge on any atom is 0.165 e. The van der Waals surface area contributed by atoms with Gasteiger partial charge in [0.15, 0.2) is 11.5 Å². The molecule has 0 amide bonds. The highest BCUT2D eigenvalue weighted by Crippen LogP contribution is 2.39. The maximum absolute atomic E-state index is 5.61. The Kier molecular flexibility index (Phi) is 4.35. The van der Waals surface area contributed by atoms with Gasteiger partial charge in [-0.25, -0.2) is 0 Å². The summed E-state index contributed by atoms with van der Waals surface area (Å²) in [7, 11) is 1.70. The Balaban J connectivity index is 2.08. The van der Waals surface area contributed by atoms with E-state index in [2.05, 4.69) is 25.2 Å². The molecule has 1 fully saturated rings. The summed E-state index contributed by atoms with van der Waals surface area (Å²) in [5, 5.41) is 3.65. The fourth-order valence-electron chi connectivity index (χ4n) is 2.47. The molecule has 1 aliphatic carbocycles.